The summed E-state index contributed by atoms with van der Waals surface area (Å²) in [4.78, 5) is 26.8. The largest absolute Gasteiger partial charge is 0.460 e. The van der Waals surface area contributed by atoms with E-state index >= 15 is 0 Å². The first-order chi connectivity index (χ1) is 15.8. The minimum atomic E-state index is -3.86. The number of nitrogens with zero attached hydrogens (tertiary/aromatic N) is 2. The lowest BCUT2D eigenvalue weighted by molar-refractivity contribution is -0.126. The molecule has 3 heterocycles. The standard InChI is InChI=1S/C23H37N3O6S/c1-3-31-23(28)20-8-9-21(32-20)33(29,30)26-15-10-19(11-16-26)22(27)24-12-4-5-13-25-14-6-7-18(2)17-25/h8-9,18-19H,3-7,10-17H2,1-2H3,(H,24,27). The number of carbonyl (C=O) groups excluding carboxylic acids is 2. The molecule has 3 rings (SSSR count). The molecule has 0 saturated carbocycles. The van der Waals surface area contributed by atoms with Gasteiger partial charge in [0.15, 0.2) is 0 Å². The zero-order valence-electron chi connectivity index (χ0n) is 19.8. The van der Waals surface area contributed by atoms with Gasteiger partial charge in [0.1, 0.15) is 0 Å². The van der Waals surface area contributed by atoms with Gasteiger partial charge in [-0.05, 0) is 76.6 Å². The molecule has 1 atom stereocenters. The summed E-state index contributed by atoms with van der Waals surface area (Å²) in [5, 5.41) is 2.74. The first-order valence-electron chi connectivity index (χ1n) is 12.1. The maximum absolute atomic E-state index is 12.8. The Morgan fingerprint density at radius 2 is 1.91 bits per heavy atom. The molecule has 33 heavy (non-hydrogen) atoms. The Bertz CT molecular complexity index is 892. The van der Waals surface area contributed by atoms with E-state index in [2.05, 4.69) is 17.1 Å². The molecule has 1 unspecified atom stereocenters. The Hall–Kier alpha value is -1.91. The SMILES string of the molecule is CCOC(=O)c1ccc(S(=O)(=O)N2CCC(C(=O)NCCCCN3CCCC(C)C3)CC2)o1. The molecule has 9 nitrogen and oxygen atoms in total. The van der Waals surface area contributed by atoms with Crippen molar-refractivity contribution in [3.05, 3.63) is 17.9 Å². The van der Waals surface area contributed by atoms with E-state index in [9.17, 15) is 18.0 Å². The number of furan rings is 1. The molecule has 186 valence electrons. The van der Waals surface area contributed by atoms with Crippen LogP contribution in [0.1, 0.15) is 62.9 Å². The van der Waals surface area contributed by atoms with Crippen molar-refractivity contribution in [3.8, 4) is 0 Å². The third-order valence-electron chi connectivity index (χ3n) is 6.42. The van der Waals surface area contributed by atoms with Gasteiger partial charge >= 0.3 is 5.97 Å². The van der Waals surface area contributed by atoms with Crippen LogP contribution in [0, 0.1) is 11.8 Å². The fourth-order valence-corrected chi connectivity index (χ4v) is 5.94. The zero-order chi connectivity index (χ0) is 23.8. The van der Waals surface area contributed by atoms with Gasteiger partial charge in [-0.1, -0.05) is 6.92 Å². The normalized spacial score (nSPS) is 21.1. The van der Waals surface area contributed by atoms with Crippen molar-refractivity contribution < 1.29 is 27.2 Å². The van der Waals surface area contributed by atoms with E-state index in [4.69, 9.17) is 9.15 Å². The molecule has 1 aromatic rings. The number of sulfonamides is 1. The third kappa shape index (κ3) is 7.04. The molecule has 0 aromatic carbocycles. The minimum absolute atomic E-state index is 0.00115. The van der Waals surface area contributed by atoms with E-state index in [1.807, 2.05) is 0 Å². The van der Waals surface area contributed by atoms with E-state index in [0.717, 1.165) is 25.3 Å². The van der Waals surface area contributed by atoms with Crippen LogP contribution in [0.3, 0.4) is 0 Å². The van der Waals surface area contributed by atoms with Gasteiger partial charge in [-0.25, -0.2) is 13.2 Å². The lowest BCUT2D eigenvalue weighted by Gasteiger charge is -2.31. The predicted molar refractivity (Wildman–Crippen MR) is 123 cm³/mol. The molecule has 10 heteroatoms. The summed E-state index contributed by atoms with van der Waals surface area (Å²) in [7, 11) is -3.86. The van der Waals surface area contributed by atoms with Gasteiger partial charge in [0.25, 0.3) is 10.0 Å². The molecule has 0 aliphatic carbocycles. The van der Waals surface area contributed by atoms with Gasteiger partial charge in [0.05, 0.1) is 6.61 Å². The molecule has 2 aliphatic heterocycles. The van der Waals surface area contributed by atoms with Crippen molar-refractivity contribution in [3.63, 3.8) is 0 Å². The van der Waals surface area contributed by atoms with Gasteiger partial charge in [0, 0.05) is 32.1 Å². The average molecular weight is 484 g/mol. The number of nitrogens with one attached hydrogen (secondary N) is 1. The second-order valence-electron chi connectivity index (χ2n) is 9.06. The van der Waals surface area contributed by atoms with Crippen LogP contribution in [-0.4, -0.2) is 75.4 Å². The number of esters is 1. The van der Waals surface area contributed by atoms with Gasteiger partial charge in [-0.15, -0.1) is 0 Å². The van der Waals surface area contributed by atoms with Crippen molar-refractivity contribution in [2.24, 2.45) is 11.8 Å². The Kier molecular flexibility index (Phi) is 9.34. The number of hydrogen-bond acceptors (Lipinski definition) is 7. The highest BCUT2D eigenvalue weighted by atomic mass is 32.2. The Labute approximate surface area is 196 Å². The molecule has 1 amide bonds. The van der Waals surface area contributed by atoms with E-state index in [0.29, 0.717) is 19.4 Å². The van der Waals surface area contributed by atoms with Crippen molar-refractivity contribution in [1.29, 1.82) is 0 Å². The lowest BCUT2D eigenvalue weighted by Crippen LogP contribution is -2.43. The van der Waals surface area contributed by atoms with Gasteiger partial charge in [0.2, 0.25) is 16.8 Å². The highest BCUT2D eigenvalue weighted by Gasteiger charge is 2.34. The molecular formula is C23H37N3O6S. The van der Waals surface area contributed by atoms with Crippen molar-refractivity contribution in [2.75, 3.05) is 45.9 Å². The quantitative estimate of drug-likeness (QED) is 0.402. The molecule has 0 spiro atoms. The number of amides is 1. The molecular weight excluding hydrogens is 446 g/mol. The maximum Gasteiger partial charge on any atom is 0.374 e. The highest BCUT2D eigenvalue weighted by Crippen LogP contribution is 2.25. The molecule has 0 bridgehead atoms. The summed E-state index contributed by atoms with van der Waals surface area (Å²) in [5.41, 5.74) is 0. The molecule has 2 fully saturated rings. The van der Waals surface area contributed by atoms with E-state index in [1.54, 1.807) is 6.92 Å². The van der Waals surface area contributed by atoms with Crippen LogP contribution >= 0.6 is 0 Å². The average Bonchev–Trinajstić information content (AvgIpc) is 3.30. The van der Waals surface area contributed by atoms with Gasteiger partial charge < -0.3 is 19.4 Å². The fourth-order valence-electron chi connectivity index (χ4n) is 4.56. The first kappa shape index (κ1) is 25.7. The summed E-state index contributed by atoms with van der Waals surface area (Å²) in [6.45, 7) is 8.72. The topological polar surface area (TPSA) is 109 Å². The number of unbranched alkanes of at least 4 members (excludes halogenated alkanes) is 1. The van der Waals surface area contributed by atoms with Crippen LogP contribution in [0.25, 0.3) is 0 Å². The number of hydrogen-bond donors (Lipinski definition) is 1. The second-order valence-corrected chi connectivity index (χ2v) is 10.9. The molecule has 2 saturated heterocycles. The molecule has 2 aliphatic rings. The number of likely N-dealkylation sites (tertiary alicyclic amines) is 1. The second kappa shape index (κ2) is 12.0. The number of ether oxygens (including phenoxy) is 1. The minimum Gasteiger partial charge on any atom is -0.460 e. The van der Waals surface area contributed by atoms with Gasteiger partial charge in [-0.3, -0.25) is 4.79 Å². The van der Waals surface area contributed by atoms with Crippen LogP contribution in [-0.2, 0) is 19.6 Å². The summed E-state index contributed by atoms with van der Waals surface area (Å²) in [6, 6.07) is 2.57. The summed E-state index contributed by atoms with van der Waals surface area (Å²) < 4.78 is 37.0. The van der Waals surface area contributed by atoms with Crippen LogP contribution < -0.4 is 5.32 Å². The number of piperidine rings is 2. The fraction of sp³-hybridized carbons (Fsp3) is 0.739. The summed E-state index contributed by atoms with van der Waals surface area (Å²) >= 11 is 0. The zero-order valence-corrected chi connectivity index (χ0v) is 20.6. The summed E-state index contributed by atoms with van der Waals surface area (Å²) in [6.07, 6.45) is 5.54. The summed E-state index contributed by atoms with van der Waals surface area (Å²) in [5.74, 6) is -0.243. The third-order valence-corrected chi connectivity index (χ3v) is 8.19. The molecule has 1 N–H and O–H groups in total. The van der Waals surface area contributed by atoms with E-state index in [1.165, 1.54) is 42.4 Å². The monoisotopic (exact) mass is 483 g/mol. The maximum atomic E-state index is 12.8. The van der Waals surface area contributed by atoms with Crippen LogP contribution in [0.5, 0.6) is 0 Å². The van der Waals surface area contributed by atoms with Crippen LogP contribution in [0.15, 0.2) is 21.6 Å². The number of rotatable bonds is 10. The molecule has 1 aromatic heterocycles. The Balaban J connectivity index is 1.38. The first-order valence-corrected chi connectivity index (χ1v) is 13.5. The predicted octanol–water partition coefficient (Wildman–Crippen LogP) is 2.49. The van der Waals surface area contributed by atoms with Crippen molar-refractivity contribution >= 4 is 21.9 Å². The molecule has 0 radical (unpaired) electrons. The Morgan fingerprint density at radius 3 is 2.61 bits per heavy atom. The Morgan fingerprint density at radius 1 is 1.15 bits per heavy atom. The highest BCUT2D eigenvalue weighted by molar-refractivity contribution is 7.89. The lowest BCUT2D eigenvalue weighted by atomic mass is 9.97. The smallest absolute Gasteiger partial charge is 0.374 e. The van der Waals surface area contributed by atoms with Crippen LogP contribution in [0.4, 0.5) is 0 Å². The number of carbonyl (C=O) groups is 2. The van der Waals surface area contributed by atoms with Crippen LogP contribution in [0.2, 0.25) is 0 Å². The van der Waals surface area contributed by atoms with E-state index < -0.39 is 16.0 Å². The van der Waals surface area contributed by atoms with Crippen molar-refractivity contribution in [1.82, 2.24) is 14.5 Å². The van der Waals surface area contributed by atoms with Crippen molar-refractivity contribution in [2.45, 2.75) is 57.5 Å². The van der Waals surface area contributed by atoms with E-state index in [-0.39, 0.29) is 42.4 Å². The van der Waals surface area contributed by atoms with Gasteiger partial charge in [-0.2, -0.15) is 4.31 Å².